The van der Waals surface area contributed by atoms with Crippen molar-refractivity contribution in [2.24, 2.45) is 0 Å². The topological polar surface area (TPSA) is 70.2 Å². The zero-order valence-corrected chi connectivity index (χ0v) is 9.14. The normalized spacial score (nSPS) is 20.1. The molecule has 0 saturated carbocycles. The van der Waals surface area contributed by atoms with Gasteiger partial charge in [0, 0.05) is 32.0 Å². The summed E-state index contributed by atoms with van der Waals surface area (Å²) in [6.45, 7) is 4.15. The van der Waals surface area contributed by atoms with Crippen molar-refractivity contribution in [1.82, 2.24) is 16.0 Å². The van der Waals surface area contributed by atoms with E-state index in [1.165, 1.54) is 0 Å². The Labute approximate surface area is 90.0 Å². The highest BCUT2D eigenvalue weighted by atomic mass is 16.2. The third-order valence-electron chi connectivity index (χ3n) is 2.41. The highest BCUT2D eigenvalue weighted by molar-refractivity contribution is 5.79. The molecule has 0 aromatic carbocycles. The van der Waals surface area contributed by atoms with Crippen molar-refractivity contribution in [3.05, 3.63) is 0 Å². The first-order valence-corrected chi connectivity index (χ1v) is 5.49. The fourth-order valence-corrected chi connectivity index (χ4v) is 1.53. The lowest BCUT2D eigenvalue weighted by atomic mass is 10.2. The minimum atomic E-state index is 0.0390. The van der Waals surface area contributed by atoms with Crippen molar-refractivity contribution >= 4 is 11.8 Å². The lowest BCUT2D eigenvalue weighted by Crippen LogP contribution is -2.39. The van der Waals surface area contributed by atoms with E-state index < -0.39 is 0 Å². The number of nitrogens with one attached hydrogen (secondary N) is 3. The van der Waals surface area contributed by atoms with Gasteiger partial charge in [0.05, 0.1) is 0 Å². The molecule has 1 aliphatic rings. The van der Waals surface area contributed by atoms with Crippen LogP contribution in [0.15, 0.2) is 0 Å². The number of hydrogen-bond acceptors (Lipinski definition) is 3. The third-order valence-corrected chi connectivity index (χ3v) is 2.41. The van der Waals surface area contributed by atoms with Gasteiger partial charge in [-0.05, 0) is 13.0 Å². The Morgan fingerprint density at radius 3 is 3.00 bits per heavy atom. The standard InChI is InChI=1S/C10H19N3O2/c1-2-11-6-5-9(14)12-7-8-3-4-10(15)13-8/h8,11H,2-7H2,1H3,(H,12,14)(H,13,15). The molecule has 86 valence electrons. The summed E-state index contributed by atoms with van der Waals surface area (Å²) in [6.07, 6.45) is 1.90. The van der Waals surface area contributed by atoms with Crippen molar-refractivity contribution in [3.8, 4) is 0 Å². The molecular formula is C10H19N3O2. The van der Waals surface area contributed by atoms with E-state index in [2.05, 4.69) is 16.0 Å². The molecule has 2 amide bonds. The van der Waals surface area contributed by atoms with Gasteiger partial charge in [-0.3, -0.25) is 9.59 Å². The van der Waals surface area contributed by atoms with E-state index in [1.54, 1.807) is 0 Å². The second-order valence-electron chi connectivity index (χ2n) is 3.71. The van der Waals surface area contributed by atoms with Crippen LogP contribution >= 0.6 is 0 Å². The molecule has 0 aromatic rings. The van der Waals surface area contributed by atoms with Gasteiger partial charge >= 0.3 is 0 Å². The number of carbonyl (C=O) groups excluding carboxylic acids is 2. The first kappa shape index (κ1) is 12.0. The predicted molar refractivity (Wildman–Crippen MR) is 57.3 cm³/mol. The summed E-state index contributed by atoms with van der Waals surface area (Å²) in [5, 5.41) is 8.70. The summed E-state index contributed by atoms with van der Waals surface area (Å²) < 4.78 is 0. The minimum Gasteiger partial charge on any atom is -0.354 e. The van der Waals surface area contributed by atoms with Crippen molar-refractivity contribution < 1.29 is 9.59 Å². The van der Waals surface area contributed by atoms with Crippen molar-refractivity contribution in [3.63, 3.8) is 0 Å². The summed E-state index contributed by atoms with van der Waals surface area (Å²) in [4.78, 5) is 22.2. The lowest BCUT2D eigenvalue weighted by Gasteiger charge is -2.11. The summed E-state index contributed by atoms with van der Waals surface area (Å²) in [6, 6.07) is 0.126. The minimum absolute atomic E-state index is 0.0390. The molecule has 1 aliphatic heterocycles. The van der Waals surface area contributed by atoms with Gasteiger partial charge in [0.1, 0.15) is 0 Å². The Morgan fingerprint density at radius 1 is 1.60 bits per heavy atom. The first-order chi connectivity index (χ1) is 7.22. The number of hydrogen-bond donors (Lipinski definition) is 3. The average molecular weight is 213 g/mol. The summed E-state index contributed by atoms with van der Waals surface area (Å²) in [5.41, 5.74) is 0. The van der Waals surface area contributed by atoms with Gasteiger partial charge in [0.25, 0.3) is 0 Å². The van der Waals surface area contributed by atoms with E-state index >= 15 is 0 Å². The SMILES string of the molecule is CCNCCC(=O)NCC1CCC(=O)N1. The number of amides is 2. The highest BCUT2D eigenvalue weighted by Gasteiger charge is 2.20. The van der Waals surface area contributed by atoms with Crippen LogP contribution in [-0.4, -0.2) is 37.5 Å². The van der Waals surface area contributed by atoms with Gasteiger partial charge in [-0.2, -0.15) is 0 Å². The molecule has 1 atom stereocenters. The monoisotopic (exact) mass is 213 g/mol. The van der Waals surface area contributed by atoms with Crippen molar-refractivity contribution in [2.45, 2.75) is 32.2 Å². The van der Waals surface area contributed by atoms with Crippen LogP contribution in [0.4, 0.5) is 0 Å². The number of rotatable bonds is 6. The van der Waals surface area contributed by atoms with Crippen LogP contribution in [0, 0.1) is 0 Å². The Bertz CT molecular complexity index is 231. The molecule has 0 aliphatic carbocycles. The van der Waals surface area contributed by atoms with Gasteiger partial charge in [-0.15, -0.1) is 0 Å². The molecular weight excluding hydrogens is 194 g/mol. The van der Waals surface area contributed by atoms with Gasteiger partial charge in [0.15, 0.2) is 0 Å². The zero-order valence-electron chi connectivity index (χ0n) is 9.14. The molecule has 15 heavy (non-hydrogen) atoms. The molecule has 5 nitrogen and oxygen atoms in total. The Morgan fingerprint density at radius 2 is 2.40 bits per heavy atom. The van der Waals surface area contributed by atoms with E-state index in [0.717, 1.165) is 13.0 Å². The van der Waals surface area contributed by atoms with Crippen LogP contribution in [0.5, 0.6) is 0 Å². The van der Waals surface area contributed by atoms with E-state index in [0.29, 0.717) is 25.9 Å². The van der Waals surface area contributed by atoms with E-state index in [9.17, 15) is 9.59 Å². The fourth-order valence-electron chi connectivity index (χ4n) is 1.53. The lowest BCUT2D eigenvalue weighted by molar-refractivity contribution is -0.122. The van der Waals surface area contributed by atoms with Gasteiger partial charge < -0.3 is 16.0 Å². The van der Waals surface area contributed by atoms with E-state index in [-0.39, 0.29) is 17.9 Å². The average Bonchev–Trinajstić information content (AvgIpc) is 2.62. The third kappa shape index (κ3) is 4.78. The zero-order chi connectivity index (χ0) is 11.1. The second-order valence-corrected chi connectivity index (χ2v) is 3.71. The molecule has 0 radical (unpaired) electrons. The van der Waals surface area contributed by atoms with Crippen LogP contribution in [0.25, 0.3) is 0 Å². The molecule has 1 saturated heterocycles. The van der Waals surface area contributed by atoms with Crippen LogP contribution in [0.2, 0.25) is 0 Å². The Kier molecular flexibility index (Phi) is 5.10. The molecule has 3 N–H and O–H groups in total. The molecule has 0 spiro atoms. The molecule has 1 rings (SSSR count). The Hall–Kier alpha value is -1.10. The van der Waals surface area contributed by atoms with E-state index in [4.69, 9.17) is 0 Å². The molecule has 1 fully saturated rings. The van der Waals surface area contributed by atoms with Crippen molar-refractivity contribution in [1.29, 1.82) is 0 Å². The summed E-state index contributed by atoms with van der Waals surface area (Å²) >= 11 is 0. The largest absolute Gasteiger partial charge is 0.354 e. The molecule has 5 heteroatoms. The van der Waals surface area contributed by atoms with Crippen LogP contribution in [-0.2, 0) is 9.59 Å². The second kappa shape index (κ2) is 6.40. The highest BCUT2D eigenvalue weighted by Crippen LogP contribution is 2.04. The van der Waals surface area contributed by atoms with Crippen LogP contribution in [0.1, 0.15) is 26.2 Å². The fraction of sp³-hybridized carbons (Fsp3) is 0.800. The van der Waals surface area contributed by atoms with Crippen LogP contribution in [0.3, 0.4) is 0 Å². The molecule has 1 unspecified atom stereocenters. The Balaban J connectivity index is 2.03. The van der Waals surface area contributed by atoms with Crippen LogP contribution < -0.4 is 16.0 Å². The molecule has 0 aromatic heterocycles. The number of carbonyl (C=O) groups is 2. The maximum absolute atomic E-state index is 11.3. The summed E-state index contributed by atoms with van der Waals surface area (Å²) in [7, 11) is 0. The van der Waals surface area contributed by atoms with Gasteiger partial charge in [-0.25, -0.2) is 0 Å². The van der Waals surface area contributed by atoms with Gasteiger partial charge in [-0.1, -0.05) is 6.92 Å². The smallest absolute Gasteiger partial charge is 0.221 e. The molecule has 1 heterocycles. The maximum atomic E-state index is 11.3. The predicted octanol–water partition coefficient (Wildman–Crippen LogP) is -0.619. The maximum Gasteiger partial charge on any atom is 0.221 e. The van der Waals surface area contributed by atoms with Crippen molar-refractivity contribution in [2.75, 3.05) is 19.6 Å². The quantitative estimate of drug-likeness (QED) is 0.515. The van der Waals surface area contributed by atoms with E-state index in [1.807, 2.05) is 6.92 Å². The molecule has 0 bridgehead atoms. The first-order valence-electron chi connectivity index (χ1n) is 5.49. The van der Waals surface area contributed by atoms with Gasteiger partial charge in [0.2, 0.25) is 11.8 Å². The summed E-state index contributed by atoms with van der Waals surface area (Å²) in [5.74, 6) is 0.124.